The van der Waals surface area contributed by atoms with Gasteiger partial charge in [-0.05, 0) is 57.3 Å². The summed E-state index contributed by atoms with van der Waals surface area (Å²) in [7, 11) is 0. The van der Waals surface area contributed by atoms with Crippen LogP contribution in [0.5, 0.6) is 0 Å². The van der Waals surface area contributed by atoms with E-state index in [0.29, 0.717) is 5.82 Å². The number of rotatable bonds is 1. The van der Waals surface area contributed by atoms with Gasteiger partial charge in [-0.3, -0.25) is 4.79 Å². The van der Waals surface area contributed by atoms with Crippen LogP contribution in [-0.4, -0.2) is 26.4 Å². The van der Waals surface area contributed by atoms with Gasteiger partial charge >= 0.3 is 0 Å². The second-order valence-electron chi connectivity index (χ2n) is 4.87. The molecule has 0 radical (unpaired) electrons. The lowest BCUT2D eigenvalue weighted by Crippen LogP contribution is -2.18. The molecule has 0 saturated carbocycles. The minimum Gasteiger partial charge on any atom is -0.294 e. The van der Waals surface area contributed by atoms with Gasteiger partial charge in [0.2, 0.25) is 0 Å². The second kappa shape index (κ2) is 4.21. The Hall–Kier alpha value is -2.08. The van der Waals surface area contributed by atoms with Crippen LogP contribution in [0.2, 0.25) is 0 Å². The van der Waals surface area contributed by atoms with Crippen molar-refractivity contribution in [1.29, 1.82) is 0 Å². The minimum atomic E-state index is -0.392. The van der Waals surface area contributed by atoms with Gasteiger partial charge in [-0.1, -0.05) is 28.1 Å². The van der Waals surface area contributed by atoms with E-state index in [9.17, 15) is 4.79 Å². The molecule has 1 N–H and O–H groups in total. The zero-order chi connectivity index (χ0) is 13.7. The van der Waals surface area contributed by atoms with Crippen molar-refractivity contribution in [3.8, 4) is 0 Å². The smallest absolute Gasteiger partial charge is 0.170 e. The minimum absolute atomic E-state index is 0.0224. The topological polar surface area (TPSA) is 71.5 Å². The molecule has 0 amide bonds. The van der Waals surface area contributed by atoms with Crippen LogP contribution in [0.15, 0.2) is 40.4 Å². The first-order valence-corrected chi connectivity index (χ1v) is 7.01. The normalized spacial score (nSPS) is 20.2. The van der Waals surface area contributed by atoms with E-state index in [4.69, 9.17) is 0 Å². The Kier molecular flexibility index (Phi) is 2.47. The molecule has 0 bridgehead atoms. The highest BCUT2D eigenvalue weighted by molar-refractivity contribution is 9.10. The quantitative estimate of drug-likeness (QED) is 0.871. The number of H-pyrrole nitrogens is 1. The van der Waals surface area contributed by atoms with E-state index < -0.39 is 5.92 Å². The zero-order valence-corrected chi connectivity index (χ0v) is 11.9. The Morgan fingerprint density at radius 3 is 3.00 bits per heavy atom. The van der Waals surface area contributed by atoms with Crippen LogP contribution in [0.25, 0.3) is 5.57 Å². The maximum atomic E-state index is 12.2. The molecule has 20 heavy (non-hydrogen) atoms. The fraction of sp³-hybridized carbons (Fsp3) is 0.143. The van der Waals surface area contributed by atoms with Gasteiger partial charge in [-0.2, -0.15) is 0 Å². The molecule has 5 nitrogen and oxygen atoms in total. The number of allylic oxidation sites excluding steroid dienone is 4. The average Bonchev–Trinajstić information content (AvgIpc) is 3.04. The lowest BCUT2D eigenvalue weighted by Gasteiger charge is -2.17. The molecule has 6 heteroatoms. The Morgan fingerprint density at radius 2 is 2.20 bits per heavy atom. The number of benzene rings is 1. The summed E-state index contributed by atoms with van der Waals surface area (Å²) in [6.45, 7) is 0. The third-order valence-corrected chi connectivity index (χ3v) is 4.26. The first-order chi connectivity index (χ1) is 9.74. The van der Waals surface area contributed by atoms with Gasteiger partial charge in [0.25, 0.3) is 0 Å². The number of tetrazole rings is 1. The number of aromatic amines is 1. The van der Waals surface area contributed by atoms with E-state index in [1.807, 2.05) is 12.1 Å². The van der Waals surface area contributed by atoms with Gasteiger partial charge in [0.1, 0.15) is 5.92 Å². The third-order valence-electron chi connectivity index (χ3n) is 3.77. The third kappa shape index (κ3) is 1.61. The molecule has 1 atom stereocenters. The summed E-state index contributed by atoms with van der Waals surface area (Å²) in [5.74, 6) is 0.143. The zero-order valence-electron chi connectivity index (χ0n) is 10.3. The lowest BCUT2D eigenvalue weighted by molar-refractivity contribution is -0.115. The number of hydrogen-bond acceptors (Lipinski definition) is 4. The van der Waals surface area contributed by atoms with Crippen molar-refractivity contribution in [3.63, 3.8) is 0 Å². The molecule has 1 heterocycles. The van der Waals surface area contributed by atoms with Gasteiger partial charge in [-0.25, -0.2) is 5.10 Å². The number of halogens is 1. The lowest BCUT2D eigenvalue weighted by atomic mass is 9.86. The first-order valence-electron chi connectivity index (χ1n) is 6.21. The monoisotopic (exact) mass is 328 g/mol. The van der Waals surface area contributed by atoms with E-state index in [-0.39, 0.29) is 5.78 Å². The number of fused-ring (bicyclic) bond motifs is 2. The van der Waals surface area contributed by atoms with Crippen LogP contribution < -0.4 is 0 Å². The second-order valence-corrected chi connectivity index (χ2v) is 5.79. The molecular weight excluding hydrogens is 320 g/mol. The van der Waals surface area contributed by atoms with Crippen LogP contribution >= 0.6 is 15.9 Å². The summed E-state index contributed by atoms with van der Waals surface area (Å²) >= 11 is 3.49. The van der Waals surface area contributed by atoms with Crippen molar-refractivity contribution in [3.05, 3.63) is 57.3 Å². The number of nitrogens with one attached hydrogen (secondary N) is 1. The SMILES string of the molecule is O=C1C=CC2=C(Cc3cc(Br)ccc32)C1c1nnn[nH]1. The first kappa shape index (κ1) is 11.7. The van der Waals surface area contributed by atoms with Gasteiger partial charge in [0, 0.05) is 4.47 Å². The molecule has 2 aliphatic rings. The van der Waals surface area contributed by atoms with E-state index in [2.05, 4.69) is 48.7 Å². The van der Waals surface area contributed by atoms with Gasteiger partial charge < -0.3 is 0 Å². The fourth-order valence-electron chi connectivity index (χ4n) is 2.92. The summed E-state index contributed by atoms with van der Waals surface area (Å²) in [5.41, 5.74) is 4.60. The summed E-state index contributed by atoms with van der Waals surface area (Å²) < 4.78 is 1.05. The van der Waals surface area contributed by atoms with Crippen LogP contribution in [0.1, 0.15) is 22.9 Å². The Bertz CT molecular complexity index is 776. The molecular formula is C14H9BrN4O. The summed E-state index contributed by atoms with van der Waals surface area (Å²) in [6, 6.07) is 6.20. The molecule has 2 aromatic rings. The van der Waals surface area contributed by atoms with E-state index in [1.54, 1.807) is 6.08 Å². The molecule has 98 valence electrons. The van der Waals surface area contributed by atoms with Gasteiger partial charge in [0.05, 0.1) is 0 Å². The van der Waals surface area contributed by atoms with Crippen molar-refractivity contribution in [2.75, 3.05) is 0 Å². The highest BCUT2D eigenvalue weighted by Gasteiger charge is 2.35. The predicted octanol–water partition coefficient (Wildman–Crippen LogP) is 2.19. The Morgan fingerprint density at radius 1 is 1.30 bits per heavy atom. The molecule has 0 fully saturated rings. The largest absolute Gasteiger partial charge is 0.294 e. The van der Waals surface area contributed by atoms with Crippen LogP contribution in [0.4, 0.5) is 0 Å². The number of ketones is 1. The van der Waals surface area contributed by atoms with Crippen molar-refractivity contribution in [2.24, 2.45) is 0 Å². The fourth-order valence-corrected chi connectivity index (χ4v) is 3.33. The summed E-state index contributed by atoms with van der Waals surface area (Å²) in [6.07, 6.45) is 4.27. The van der Waals surface area contributed by atoms with Crippen molar-refractivity contribution < 1.29 is 4.79 Å². The molecule has 1 unspecified atom stereocenters. The number of aromatic nitrogens is 4. The molecule has 1 aromatic heterocycles. The Balaban J connectivity index is 1.86. The van der Waals surface area contributed by atoms with Crippen LogP contribution in [-0.2, 0) is 11.2 Å². The van der Waals surface area contributed by atoms with Crippen molar-refractivity contribution in [1.82, 2.24) is 20.6 Å². The average molecular weight is 329 g/mol. The van der Waals surface area contributed by atoms with Crippen LogP contribution in [0.3, 0.4) is 0 Å². The molecule has 0 saturated heterocycles. The molecule has 2 aliphatic carbocycles. The van der Waals surface area contributed by atoms with E-state index in [1.165, 1.54) is 11.1 Å². The molecule has 0 aliphatic heterocycles. The standard InChI is InChI=1S/C14H9BrN4O/c15-8-1-2-9-7(5-8)6-11-10(9)3-4-12(20)13(11)14-16-18-19-17-14/h1-5,13H,6H2,(H,16,17,18,19). The highest BCUT2D eigenvalue weighted by Crippen LogP contribution is 2.43. The molecule has 4 rings (SSSR count). The number of hydrogen-bond donors (Lipinski definition) is 1. The maximum Gasteiger partial charge on any atom is 0.170 e. The number of nitrogens with zero attached hydrogens (tertiary/aromatic N) is 3. The molecule has 1 aromatic carbocycles. The molecule has 0 spiro atoms. The van der Waals surface area contributed by atoms with E-state index in [0.717, 1.165) is 22.0 Å². The Labute approximate surface area is 122 Å². The highest BCUT2D eigenvalue weighted by atomic mass is 79.9. The van der Waals surface area contributed by atoms with Crippen LogP contribution in [0, 0.1) is 0 Å². The maximum absolute atomic E-state index is 12.2. The number of carbonyl (C=O) groups excluding carboxylic acids is 1. The van der Waals surface area contributed by atoms with E-state index >= 15 is 0 Å². The van der Waals surface area contributed by atoms with Gasteiger partial charge in [0.15, 0.2) is 11.6 Å². The van der Waals surface area contributed by atoms with Crippen molar-refractivity contribution >= 4 is 27.3 Å². The van der Waals surface area contributed by atoms with Gasteiger partial charge in [-0.15, -0.1) is 5.10 Å². The predicted molar refractivity (Wildman–Crippen MR) is 75.8 cm³/mol. The number of carbonyl (C=O) groups is 1. The summed E-state index contributed by atoms with van der Waals surface area (Å²) in [5, 5.41) is 13.8. The van der Waals surface area contributed by atoms with Crippen molar-refractivity contribution in [2.45, 2.75) is 12.3 Å². The summed E-state index contributed by atoms with van der Waals surface area (Å²) in [4.78, 5) is 12.2.